The summed E-state index contributed by atoms with van der Waals surface area (Å²) in [5.74, 6) is 0. The fourth-order valence-electron chi connectivity index (χ4n) is 2.32. The molecule has 0 unspecified atom stereocenters. The second-order valence-electron chi connectivity index (χ2n) is 5.26. The van der Waals surface area contributed by atoms with Gasteiger partial charge in [-0.2, -0.15) is 5.10 Å². The second kappa shape index (κ2) is 5.02. The number of nitrogens with zero attached hydrogens (tertiary/aromatic N) is 3. The Morgan fingerprint density at radius 2 is 2.26 bits per heavy atom. The summed E-state index contributed by atoms with van der Waals surface area (Å²) in [4.78, 5) is 0. The molecule has 2 aromatic rings. The van der Waals surface area contributed by atoms with E-state index in [4.69, 9.17) is 11.6 Å². The predicted octanol–water partition coefficient (Wildman–Crippen LogP) is 2.48. The van der Waals surface area contributed by atoms with E-state index in [0.717, 1.165) is 35.5 Å². The highest BCUT2D eigenvalue weighted by Gasteiger charge is 2.20. The van der Waals surface area contributed by atoms with Crippen molar-refractivity contribution in [2.45, 2.75) is 38.9 Å². The van der Waals surface area contributed by atoms with E-state index in [9.17, 15) is 0 Å². The minimum atomic E-state index is 0.729. The molecule has 19 heavy (non-hydrogen) atoms. The van der Waals surface area contributed by atoms with Gasteiger partial charge in [0.1, 0.15) is 5.15 Å². The molecule has 0 aromatic carbocycles. The molecule has 0 bridgehead atoms. The molecule has 0 atom stereocenters. The van der Waals surface area contributed by atoms with Crippen LogP contribution >= 0.6 is 11.6 Å². The molecule has 2 aromatic heterocycles. The summed E-state index contributed by atoms with van der Waals surface area (Å²) in [5.41, 5.74) is 3.40. The first-order chi connectivity index (χ1) is 9.15. The molecule has 0 spiro atoms. The van der Waals surface area contributed by atoms with E-state index in [1.54, 1.807) is 4.68 Å². The highest BCUT2D eigenvalue weighted by Crippen LogP contribution is 2.22. The van der Waals surface area contributed by atoms with Crippen LogP contribution in [0.25, 0.3) is 0 Å². The molecule has 102 valence electrons. The van der Waals surface area contributed by atoms with Crippen LogP contribution in [-0.2, 0) is 20.1 Å². The zero-order valence-corrected chi connectivity index (χ0v) is 12.1. The van der Waals surface area contributed by atoms with E-state index in [2.05, 4.69) is 33.3 Å². The number of aryl methyl sites for hydroxylation is 2. The van der Waals surface area contributed by atoms with Gasteiger partial charge in [-0.1, -0.05) is 11.6 Å². The fraction of sp³-hybridized carbons (Fsp3) is 0.500. The van der Waals surface area contributed by atoms with Gasteiger partial charge in [0.15, 0.2) is 0 Å². The summed E-state index contributed by atoms with van der Waals surface area (Å²) >= 11 is 6.29. The third-order valence-electron chi connectivity index (χ3n) is 3.67. The van der Waals surface area contributed by atoms with Crippen molar-refractivity contribution in [3.05, 3.63) is 40.4 Å². The van der Waals surface area contributed by atoms with Gasteiger partial charge in [0, 0.05) is 37.1 Å². The average molecular weight is 279 g/mol. The van der Waals surface area contributed by atoms with Crippen molar-refractivity contribution < 1.29 is 0 Å². The predicted molar refractivity (Wildman–Crippen MR) is 76.4 cm³/mol. The molecule has 1 fully saturated rings. The number of rotatable bonds is 5. The van der Waals surface area contributed by atoms with Crippen LogP contribution < -0.4 is 5.32 Å². The topological polar surface area (TPSA) is 34.8 Å². The lowest BCUT2D eigenvalue weighted by Crippen LogP contribution is -2.18. The number of hydrogen-bond acceptors (Lipinski definition) is 2. The highest BCUT2D eigenvalue weighted by molar-refractivity contribution is 6.30. The Kier molecular flexibility index (Phi) is 3.37. The van der Waals surface area contributed by atoms with Gasteiger partial charge in [0.2, 0.25) is 0 Å². The first-order valence-electron chi connectivity index (χ1n) is 6.70. The molecule has 1 aliphatic carbocycles. The van der Waals surface area contributed by atoms with Gasteiger partial charge in [-0.15, -0.1) is 0 Å². The van der Waals surface area contributed by atoms with E-state index >= 15 is 0 Å². The summed E-state index contributed by atoms with van der Waals surface area (Å²) in [5, 5.41) is 8.63. The fourth-order valence-corrected chi connectivity index (χ4v) is 2.56. The third kappa shape index (κ3) is 2.69. The van der Waals surface area contributed by atoms with Crippen LogP contribution in [-0.4, -0.2) is 20.4 Å². The minimum absolute atomic E-state index is 0.729. The quantitative estimate of drug-likeness (QED) is 0.912. The lowest BCUT2D eigenvalue weighted by atomic mass is 10.2. The highest BCUT2D eigenvalue weighted by atomic mass is 35.5. The van der Waals surface area contributed by atoms with Crippen molar-refractivity contribution in [3.63, 3.8) is 0 Å². The Bertz CT molecular complexity index is 580. The van der Waals surface area contributed by atoms with Crippen LogP contribution in [0, 0.1) is 6.92 Å². The van der Waals surface area contributed by atoms with Gasteiger partial charge in [-0.25, -0.2) is 0 Å². The molecule has 0 aliphatic heterocycles. The average Bonchev–Trinajstić information content (AvgIpc) is 3.06. The lowest BCUT2D eigenvalue weighted by molar-refractivity contribution is 0.634. The van der Waals surface area contributed by atoms with Crippen LogP contribution in [0.15, 0.2) is 18.3 Å². The molecule has 2 heterocycles. The van der Waals surface area contributed by atoms with Gasteiger partial charge in [-0.05, 0) is 31.9 Å². The van der Waals surface area contributed by atoms with Crippen LogP contribution in [0.3, 0.4) is 0 Å². The Morgan fingerprint density at radius 3 is 2.89 bits per heavy atom. The molecular formula is C14H19ClN4. The van der Waals surface area contributed by atoms with Gasteiger partial charge in [0.05, 0.1) is 12.2 Å². The summed E-state index contributed by atoms with van der Waals surface area (Å²) in [6.45, 7) is 3.72. The van der Waals surface area contributed by atoms with Crippen molar-refractivity contribution in [1.82, 2.24) is 19.7 Å². The lowest BCUT2D eigenvalue weighted by Gasteiger charge is -2.10. The summed E-state index contributed by atoms with van der Waals surface area (Å²) in [7, 11) is 1.88. The van der Waals surface area contributed by atoms with E-state index < -0.39 is 0 Å². The Balaban J connectivity index is 1.76. The Hall–Kier alpha value is -1.26. The number of nitrogens with one attached hydrogen (secondary N) is 1. The monoisotopic (exact) mass is 278 g/mol. The zero-order valence-electron chi connectivity index (χ0n) is 11.4. The van der Waals surface area contributed by atoms with E-state index in [1.807, 2.05) is 14.0 Å². The van der Waals surface area contributed by atoms with Gasteiger partial charge in [0.25, 0.3) is 0 Å². The van der Waals surface area contributed by atoms with Crippen LogP contribution in [0.1, 0.15) is 29.8 Å². The summed E-state index contributed by atoms with van der Waals surface area (Å²) < 4.78 is 3.98. The normalized spacial score (nSPS) is 15.1. The number of aromatic nitrogens is 3. The van der Waals surface area contributed by atoms with Gasteiger partial charge < -0.3 is 9.88 Å². The first kappa shape index (κ1) is 12.8. The SMILES string of the molecule is Cc1nn(C)c(Cl)c1Cn1cccc1CNC1CC1. The second-order valence-corrected chi connectivity index (χ2v) is 5.62. The van der Waals surface area contributed by atoms with Crippen molar-refractivity contribution in [3.8, 4) is 0 Å². The summed E-state index contributed by atoms with van der Waals surface area (Å²) in [6, 6.07) is 4.98. The van der Waals surface area contributed by atoms with Crippen molar-refractivity contribution >= 4 is 11.6 Å². The smallest absolute Gasteiger partial charge is 0.131 e. The molecule has 1 saturated carbocycles. The molecular weight excluding hydrogens is 260 g/mol. The molecule has 0 saturated heterocycles. The standard InChI is InChI=1S/C14H19ClN4/c1-10-13(14(15)18(2)17-10)9-19-7-3-4-12(19)8-16-11-5-6-11/h3-4,7,11,16H,5-6,8-9H2,1-2H3. The molecule has 4 nitrogen and oxygen atoms in total. The van der Waals surface area contributed by atoms with Gasteiger partial charge >= 0.3 is 0 Å². The summed E-state index contributed by atoms with van der Waals surface area (Å²) in [6.07, 6.45) is 4.73. The molecule has 1 aliphatic rings. The zero-order chi connectivity index (χ0) is 13.4. The number of hydrogen-bond donors (Lipinski definition) is 1. The van der Waals surface area contributed by atoms with E-state index in [1.165, 1.54) is 18.5 Å². The maximum absolute atomic E-state index is 6.29. The Morgan fingerprint density at radius 1 is 1.47 bits per heavy atom. The molecule has 5 heteroatoms. The van der Waals surface area contributed by atoms with Gasteiger partial charge in [-0.3, -0.25) is 4.68 Å². The molecule has 1 N–H and O–H groups in total. The molecule has 0 radical (unpaired) electrons. The minimum Gasteiger partial charge on any atom is -0.346 e. The molecule has 0 amide bonds. The van der Waals surface area contributed by atoms with E-state index in [0.29, 0.717) is 0 Å². The maximum atomic E-state index is 6.29. The first-order valence-corrected chi connectivity index (χ1v) is 7.08. The van der Waals surface area contributed by atoms with Crippen LogP contribution in [0.2, 0.25) is 5.15 Å². The maximum Gasteiger partial charge on any atom is 0.131 e. The third-order valence-corrected chi connectivity index (χ3v) is 4.14. The van der Waals surface area contributed by atoms with Crippen LogP contribution in [0.5, 0.6) is 0 Å². The molecule has 3 rings (SSSR count). The van der Waals surface area contributed by atoms with Crippen molar-refractivity contribution in [1.29, 1.82) is 0 Å². The van der Waals surface area contributed by atoms with Crippen molar-refractivity contribution in [2.24, 2.45) is 7.05 Å². The van der Waals surface area contributed by atoms with Crippen molar-refractivity contribution in [2.75, 3.05) is 0 Å². The van der Waals surface area contributed by atoms with E-state index in [-0.39, 0.29) is 0 Å². The largest absolute Gasteiger partial charge is 0.346 e. The van der Waals surface area contributed by atoms with Crippen LogP contribution in [0.4, 0.5) is 0 Å². The Labute approximate surface area is 118 Å². The number of halogens is 1.